The second kappa shape index (κ2) is 7.29. The summed E-state index contributed by atoms with van der Waals surface area (Å²) in [6.07, 6.45) is 5.09. The number of rotatable bonds is 6. The van der Waals surface area contributed by atoms with Crippen LogP contribution < -0.4 is 0 Å². The van der Waals surface area contributed by atoms with E-state index in [-0.39, 0.29) is 5.75 Å². The van der Waals surface area contributed by atoms with Gasteiger partial charge >= 0.3 is 5.97 Å². The van der Waals surface area contributed by atoms with Gasteiger partial charge in [-0.1, -0.05) is 45.4 Å². The van der Waals surface area contributed by atoms with Gasteiger partial charge in [0.15, 0.2) is 5.16 Å². The summed E-state index contributed by atoms with van der Waals surface area (Å²) in [6, 6.07) is 0. The number of hydrogen-bond donors (Lipinski definition) is 1. The van der Waals surface area contributed by atoms with Crippen LogP contribution in [0.2, 0.25) is 0 Å². The van der Waals surface area contributed by atoms with Crippen molar-refractivity contribution in [2.45, 2.75) is 64.1 Å². The van der Waals surface area contributed by atoms with Crippen molar-refractivity contribution in [3.05, 3.63) is 5.82 Å². The molecular weight excluding hydrogens is 286 g/mol. The van der Waals surface area contributed by atoms with Crippen LogP contribution >= 0.6 is 11.8 Å². The number of aliphatic carboxylic acids is 1. The van der Waals surface area contributed by atoms with Gasteiger partial charge in [-0.15, -0.1) is 10.2 Å². The Morgan fingerprint density at radius 2 is 2.00 bits per heavy atom. The molecule has 21 heavy (non-hydrogen) atoms. The van der Waals surface area contributed by atoms with Gasteiger partial charge in [-0.25, -0.2) is 0 Å². The van der Waals surface area contributed by atoms with Gasteiger partial charge in [0.25, 0.3) is 0 Å². The van der Waals surface area contributed by atoms with Gasteiger partial charge in [0.1, 0.15) is 5.82 Å². The third kappa shape index (κ3) is 4.46. The van der Waals surface area contributed by atoms with Gasteiger partial charge in [0.05, 0.1) is 5.75 Å². The molecule has 0 aliphatic heterocycles. The fraction of sp³-hybridized carbons (Fsp3) is 0.800. The zero-order chi connectivity index (χ0) is 15.4. The molecule has 1 N–H and O–H groups in total. The van der Waals surface area contributed by atoms with Crippen LogP contribution in [0.15, 0.2) is 5.16 Å². The average molecular weight is 311 g/mol. The topological polar surface area (TPSA) is 68.0 Å². The first-order valence-electron chi connectivity index (χ1n) is 7.75. The van der Waals surface area contributed by atoms with Crippen LogP contribution in [0.4, 0.5) is 0 Å². The number of carboxylic acid groups (broad SMARTS) is 1. The van der Waals surface area contributed by atoms with E-state index < -0.39 is 5.97 Å². The van der Waals surface area contributed by atoms with Gasteiger partial charge in [-0.3, -0.25) is 4.79 Å². The van der Waals surface area contributed by atoms with Crippen molar-refractivity contribution in [2.75, 3.05) is 5.75 Å². The minimum absolute atomic E-state index is 0.0396. The van der Waals surface area contributed by atoms with Gasteiger partial charge in [-0.05, 0) is 24.7 Å². The molecule has 118 valence electrons. The predicted molar refractivity (Wildman–Crippen MR) is 83.6 cm³/mol. The number of thioether (sulfide) groups is 1. The fourth-order valence-corrected chi connectivity index (χ4v) is 3.58. The summed E-state index contributed by atoms with van der Waals surface area (Å²) in [6.45, 7) is 7.46. The molecule has 1 aliphatic carbocycles. The number of carbonyl (C=O) groups is 1. The van der Waals surface area contributed by atoms with E-state index >= 15 is 0 Å². The van der Waals surface area contributed by atoms with E-state index in [9.17, 15) is 4.79 Å². The molecule has 0 saturated heterocycles. The van der Waals surface area contributed by atoms with E-state index in [1.165, 1.54) is 37.4 Å². The van der Waals surface area contributed by atoms with E-state index in [1.54, 1.807) is 0 Å². The zero-order valence-electron chi connectivity index (χ0n) is 13.1. The maximum Gasteiger partial charge on any atom is 0.313 e. The molecule has 1 aromatic rings. The van der Waals surface area contributed by atoms with E-state index in [4.69, 9.17) is 5.11 Å². The number of aromatic nitrogens is 3. The second-order valence-electron chi connectivity index (χ2n) is 6.41. The summed E-state index contributed by atoms with van der Waals surface area (Å²) >= 11 is 1.27. The summed E-state index contributed by atoms with van der Waals surface area (Å²) in [4.78, 5) is 10.8. The van der Waals surface area contributed by atoms with Crippen LogP contribution in [0.3, 0.4) is 0 Å². The molecule has 0 spiro atoms. The molecule has 0 amide bonds. The molecule has 1 fully saturated rings. The molecule has 5 nitrogen and oxygen atoms in total. The van der Waals surface area contributed by atoms with E-state index in [1.807, 2.05) is 0 Å². The highest BCUT2D eigenvalue weighted by Gasteiger charge is 2.23. The SMILES string of the molecule is CC1CCC(Cn2c(SCC(=O)O)nnc2C(C)C)CC1. The lowest BCUT2D eigenvalue weighted by Crippen LogP contribution is -2.20. The molecule has 0 aromatic carbocycles. The number of hydrogen-bond acceptors (Lipinski definition) is 4. The Kier molecular flexibility index (Phi) is 5.67. The van der Waals surface area contributed by atoms with Crippen molar-refractivity contribution in [3.8, 4) is 0 Å². The first-order chi connectivity index (χ1) is 9.97. The quantitative estimate of drug-likeness (QED) is 0.815. The number of carboxylic acids is 1. The Hall–Kier alpha value is -1.04. The molecular formula is C15H25N3O2S. The molecule has 0 atom stereocenters. The monoisotopic (exact) mass is 311 g/mol. The Balaban J connectivity index is 2.10. The summed E-state index contributed by atoms with van der Waals surface area (Å²) < 4.78 is 2.15. The minimum atomic E-state index is -0.813. The highest BCUT2D eigenvalue weighted by atomic mass is 32.2. The van der Waals surface area contributed by atoms with Crippen molar-refractivity contribution in [1.82, 2.24) is 14.8 Å². The van der Waals surface area contributed by atoms with E-state index in [0.29, 0.717) is 11.8 Å². The lowest BCUT2D eigenvalue weighted by molar-refractivity contribution is -0.133. The fourth-order valence-electron chi connectivity index (χ4n) is 2.90. The van der Waals surface area contributed by atoms with Crippen molar-refractivity contribution in [2.24, 2.45) is 11.8 Å². The smallest absolute Gasteiger partial charge is 0.313 e. The van der Waals surface area contributed by atoms with Gasteiger partial charge in [-0.2, -0.15) is 0 Å². The first-order valence-corrected chi connectivity index (χ1v) is 8.73. The van der Waals surface area contributed by atoms with Gasteiger partial charge in [0.2, 0.25) is 0 Å². The van der Waals surface area contributed by atoms with Crippen LogP contribution in [0.5, 0.6) is 0 Å². The van der Waals surface area contributed by atoms with Crippen molar-refractivity contribution >= 4 is 17.7 Å². The maximum atomic E-state index is 10.8. The van der Waals surface area contributed by atoms with Crippen molar-refractivity contribution in [3.63, 3.8) is 0 Å². The Morgan fingerprint density at radius 3 is 2.57 bits per heavy atom. The molecule has 1 aromatic heterocycles. The average Bonchev–Trinajstić information content (AvgIpc) is 2.82. The van der Waals surface area contributed by atoms with Crippen LogP contribution in [-0.2, 0) is 11.3 Å². The molecule has 1 saturated carbocycles. The molecule has 1 heterocycles. The van der Waals surface area contributed by atoms with E-state index in [0.717, 1.165) is 23.4 Å². The van der Waals surface area contributed by atoms with Crippen LogP contribution in [0, 0.1) is 11.8 Å². The second-order valence-corrected chi connectivity index (χ2v) is 7.36. The predicted octanol–water partition coefficient (Wildman–Crippen LogP) is 3.40. The van der Waals surface area contributed by atoms with Crippen molar-refractivity contribution < 1.29 is 9.90 Å². The Morgan fingerprint density at radius 1 is 1.33 bits per heavy atom. The first kappa shape index (κ1) is 16.3. The van der Waals surface area contributed by atoms with Crippen LogP contribution in [0.25, 0.3) is 0 Å². The summed E-state index contributed by atoms with van der Waals surface area (Å²) in [5, 5.41) is 18.1. The van der Waals surface area contributed by atoms with Crippen LogP contribution in [0.1, 0.15) is 58.2 Å². The van der Waals surface area contributed by atoms with Crippen LogP contribution in [-0.4, -0.2) is 31.6 Å². The summed E-state index contributed by atoms with van der Waals surface area (Å²) in [5.41, 5.74) is 0. The van der Waals surface area contributed by atoms with Gasteiger partial charge < -0.3 is 9.67 Å². The summed E-state index contributed by atoms with van der Waals surface area (Å²) in [5.74, 6) is 2.01. The third-order valence-electron chi connectivity index (χ3n) is 4.16. The molecule has 1 aliphatic rings. The van der Waals surface area contributed by atoms with Crippen molar-refractivity contribution in [1.29, 1.82) is 0 Å². The highest BCUT2D eigenvalue weighted by molar-refractivity contribution is 7.99. The molecule has 2 rings (SSSR count). The Labute approximate surface area is 130 Å². The van der Waals surface area contributed by atoms with Gasteiger partial charge in [0, 0.05) is 12.5 Å². The molecule has 0 bridgehead atoms. The van der Waals surface area contributed by atoms with E-state index in [2.05, 4.69) is 35.5 Å². The largest absolute Gasteiger partial charge is 0.481 e. The standard InChI is InChI=1S/C15H25N3O2S/c1-10(2)14-16-17-15(21-9-13(19)20)18(14)8-12-6-4-11(3)5-7-12/h10-12H,4-9H2,1-3H3,(H,19,20). The minimum Gasteiger partial charge on any atom is -0.481 e. The molecule has 0 unspecified atom stereocenters. The third-order valence-corrected chi connectivity index (χ3v) is 5.11. The molecule has 0 radical (unpaired) electrons. The normalized spacial score (nSPS) is 22.7. The summed E-state index contributed by atoms with van der Waals surface area (Å²) in [7, 11) is 0. The molecule has 6 heteroatoms. The maximum absolute atomic E-state index is 10.8. The Bertz CT molecular complexity index is 479. The lowest BCUT2D eigenvalue weighted by atomic mass is 9.83. The highest BCUT2D eigenvalue weighted by Crippen LogP contribution is 2.31. The lowest BCUT2D eigenvalue weighted by Gasteiger charge is -2.27. The zero-order valence-corrected chi connectivity index (χ0v) is 13.9. The number of nitrogens with zero attached hydrogens (tertiary/aromatic N) is 3.